The highest BCUT2D eigenvalue weighted by Crippen LogP contribution is 2.29. The van der Waals surface area contributed by atoms with Gasteiger partial charge in [0.15, 0.2) is 0 Å². The van der Waals surface area contributed by atoms with Crippen molar-refractivity contribution in [1.29, 1.82) is 0 Å². The molecule has 2 heterocycles. The summed E-state index contributed by atoms with van der Waals surface area (Å²) in [6, 6.07) is 8.50. The number of nitrogens with zero attached hydrogens (tertiary/aromatic N) is 3. The first-order valence-electron chi connectivity index (χ1n) is 9.78. The summed E-state index contributed by atoms with van der Waals surface area (Å²) in [7, 11) is 1.89. The van der Waals surface area contributed by atoms with Crippen LogP contribution >= 0.6 is 0 Å². The highest BCUT2D eigenvalue weighted by Gasteiger charge is 2.29. The molecule has 0 spiro atoms. The van der Waals surface area contributed by atoms with E-state index in [9.17, 15) is 9.90 Å². The number of likely N-dealkylation sites (tertiary alicyclic amines) is 1. The molecule has 1 saturated heterocycles. The average Bonchev–Trinajstić information content (AvgIpc) is 3.10. The molecule has 3 rings (SSSR count). The number of rotatable bonds is 6. The van der Waals surface area contributed by atoms with Crippen molar-refractivity contribution < 1.29 is 9.90 Å². The Morgan fingerprint density at radius 2 is 2.15 bits per heavy atom. The lowest BCUT2D eigenvalue weighted by Crippen LogP contribution is -2.45. The van der Waals surface area contributed by atoms with E-state index in [1.165, 1.54) is 11.1 Å². The van der Waals surface area contributed by atoms with Gasteiger partial charge in [-0.1, -0.05) is 29.8 Å². The molecule has 0 unspecified atom stereocenters. The fourth-order valence-corrected chi connectivity index (χ4v) is 3.76. The van der Waals surface area contributed by atoms with Crippen LogP contribution in [0, 0.1) is 12.8 Å². The summed E-state index contributed by atoms with van der Waals surface area (Å²) in [5.41, 5.74) is 2.58. The second-order valence-corrected chi connectivity index (χ2v) is 7.49. The van der Waals surface area contributed by atoms with Gasteiger partial charge in [-0.3, -0.25) is 0 Å². The molecule has 6 nitrogen and oxygen atoms in total. The smallest absolute Gasteiger partial charge is 0.317 e. The van der Waals surface area contributed by atoms with E-state index in [0.29, 0.717) is 25.5 Å². The number of piperidine rings is 1. The second kappa shape index (κ2) is 9.04. The number of urea groups is 1. The van der Waals surface area contributed by atoms with Crippen LogP contribution in [0.25, 0.3) is 0 Å². The van der Waals surface area contributed by atoms with Gasteiger partial charge in [-0.25, -0.2) is 9.78 Å². The van der Waals surface area contributed by atoms with Gasteiger partial charge in [-0.2, -0.15) is 0 Å². The molecule has 0 radical (unpaired) electrons. The third kappa shape index (κ3) is 5.10. The Bertz CT molecular complexity index is 750. The van der Waals surface area contributed by atoms with E-state index in [1.54, 1.807) is 6.20 Å². The van der Waals surface area contributed by atoms with Crippen molar-refractivity contribution in [2.45, 2.75) is 38.7 Å². The predicted molar refractivity (Wildman–Crippen MR) is 105 cm³/mol. The fraction of sp³-hybridized carbons (Fsp3) is 0.524. The van der Waals surface area contributed by atoms with Crippen LogP contribution in [0.3, 0.4) is 0 Å². The first-order valence-corrected chi connectivity index (χ1v) is 9.78. The number of amides is 2. The molecule has 0 saturated carbocycles. The van der Waals surface area contributed by atoms with Gasteiger partial charge in [-0.05, 0) is 44.1 Å². The van der Waals surface area contributed by atoms with Gasteiger partial charge in [0, 0.05) is 39.1 Å². The third-order valence-corrected chi connectivity index (χ3v) is 5.40. The third-order valence-electron chi connectivity index (χ3n) is 5.40. The van der Waals surface area contributed by atoms with Crippen molar-refractivity contribution in [3.8, 4) is 0 Å². The van der Waals surface area contributed by atoms with Crippen LogP contribution in [0.4, 0.5) is 4.79 Å². The Balaban J connectivity index is 1.38. The Kier molecular flexibility index (Phi) is 6.50. The summed E-state index contributed by atoms with van der Waals surface area (Å²) < 4.78 is 1.86. The van der Waals surface area contributed by atoms with Crippen molar-refractivity contribution >= 4 is 6.03 Å². The molecule has 1 atom stereocenters. The molecular weight excluding hydrogens is 340 g/mol. The summed E-state index contributed by atoms with van der Waals surface area (Å²) >= 11 is 0. The molecule has 1 aromatic carbocycles. The molecule has 6 heteroatoms. The normalized spacial score (nSPS) is 16.3. The van der Waals surface area contributed by atoms with E-state index in [1.807, 2.05) is 22.7 Å². The SMILES string of the molecule is Cc1cccc(CCCNC(=O)N2CCC([C@H](O)c3nccn3C)CC2)c1. The van der Waals surface area contributed by atoms with E-state index < -0.39 is 6.10 Å². The number of benzene rings is 1. The largest absolute Gasteiger partial charge is 0.385 e. The number of carbonyl (C=O) groups is 1. The fourth-order valence-electron chi connectivity index (χ4n) is 3.76. The maximum absolute atomic E-state index is 12.4. The lowest BCUT2D eigenvalue weighted by Gasteiger charge is -2.34. The number of nitrogens with one attached hydrogen (secondary N) is 1. The van der Waals surface area contributed by atoms with Crippen molar-refractivity contribution in [2.24, 2.45) is 13.0 Å². The van der Waals surface area contributed by atoms with Crippen LogP contribution in [0.15, 0.2) is 36.7 Å². The molecule has 0 bridgehead atoms. The maximum Gasteiger partial charge on any atom is 0.317 e. The predicted octanol–water partition coefficient (Wildman–Crippen LogP) is 2.82. The number of aryl methyl sites for hydroxylation is 3. The Morgan fingerprint density at radius 1 is 1.37 bits per heavy atom. The van der Waals surface area contributed by atoms with Crippen molar-refractivity contribution in [2.75, 3.05) is 19.6 Å². The molecule has 146 valence electrons. The second-order valence-electron chi connectivity index (χ2n) is 7.49. The highest BCUT2D eigenvalue weighted by atomic mass is 16.3. The molecule has 0 aliphatic carbocycles. The van der Waals surface area contributed by atoms with E-state index in [0.717, 1.165) is 25.7 Å². The van der Waals surface area contributed by atoms with E-state index in [4.69, 9.17) is 0 Å². The monoisotopic (exact) mass is 370 g/mol. The molecule has 2 amide bonds. The number of aliphatic hydroxyl groups is 1. The first-order chi connectivity index (χ1) is 13.0. The highest BCUT2D eigenvalue weighted by molar-refractivity contribution is 5.74. The lowest BCUT2D eigenvalue weighted by atomic mass is 9.91. The molecular formula is C21H30N4O2. The number of hydrogen-bond donors (Lipinski definition) is 2. The van der Waals surface area contributed by atoms with Crippen LogP contribution in [0.2, 0.25) is 0 Å². The van der Waals surface area contributed by atoms with E-state index in [2.05, 4.69) is 41.5 Å². The molecule has 2 N–H and O–H groups in total. The lowest BCUT2D eigenvalue weighted by molar-refractivity contribution is 0.0584. The summed E-state index contributed by atoms with van der Waals surface area (Å²) in [6.45, 7) is 4.13. The maximum atomic E-state index is 12.4. The number of aliphatic hydroxyl groups excluding tert-OH is 1. The van der Waals surface area contributed by atoms with Crippen LogP contribution in [0.1, 0.15) is 42.3 Å². The quantitative estimate of drug-likeness (QED) is 0.768. The van der Waals surface area contributed by atoms with Crippen LogP contribution in [-0.2, 0) is 13.5 Å². The van der Waals surface area contributed by atoms with Gasteiger partial charge in [0.25, 0.3) is 0 Å². The molecule has 1 aliphatic heterocycles. The molecule has 2 aromatic rings. The van der Waals surface area contributed by atoms with E-state index >= 15 is 0 Å². The number of hydrogen-bond acceptors (Lipinski definition) is 3. The number of carbonyl (C=O) groups excluding carboxylic acids is 1. The topological polar surface area (TPSA) is 70.4 Å². The van der Waals surface area contributed by atoms with Gasteiger partial charge >= 0.3 is 6.03 Å². The van der Waals surface area contributed by atoms with Gasteiger partial charge in [0.1, 0.15) is 11.9 Å². The Morgan fingerprint density at radius 3 is 2.81 bits per heavy atom. The van der Waals surface area contributed by atoms with Crippen LogP contribution < -0.4 is 5.32 Å². The van der Waals surface area contributed by atoms with Crippen LogP contribution in [0.5, 0.6) is 0 Å². The zero-order valence-corrected chi connectivity index (χ0v) is 16.3. The Labute approximate surface area is 161 Å². The minimum atomic E-state index is -0.565. The van der Waals surface area contributed by atoms with Gasteiger partial charge in [0.05, 0.1) is 0 Å². The van der Waals surface area contributed by atoms with Crippen molar-refractivity contribution in [1.82, 2.24) is 19.8 Å². The number of imidazole rings is 1. The minimum absolute atomic E-state index is 0.00386. The average molecular weight is 370 g/mol. The molecule has 1 aromatic heterocycles. The minimum Gasteiger partial charge on any atom is -0.385 e. The van der Waals surface area contributed by atoms with Gasteiger partial charge < -0.3 is 19.9 Å². The first kappa shape index (κ1) is 19.4. The summed E-state index contributed by atoms with van der Waals surface area (Å²) in [4.78, 5) is 18.5. The molecule has 1 aliphatic rings. The van der Waals surface area contributed by atoms with Gasteiger partial charge in [-0.15, -0.1) is 0 Å². The summed E-state index contributed by atoms with van der Waals surface area (Å²) in [6.07, 6.45) is 6.49. The van der Waals surface area contributed by atoms with Crippen LogP contribution in [-0.4, -0.2) is 45.2 Å². The molecule has 1 fully saturated rings. The van der Waals surface area contributed by atoms with E-state index in [-0.39, 0.29) is 11.9 Å². The Hall–Kier alpha value is -2.34. The standard InChI is InChI=1S/C21H30N4O2/c1-16-5-3-6-17(15-16)7-4-10-23-21(27)25-12-8-18(9-13-25)19(26)20-22-11-14-24(20)2/h3,5-6,11,14-15,18-19,26H,4,7-10,12-13H2,1-2H3,(H,23,27)/t19-/m0/s1. The zero-order chi connectivity index (χ0) is 19.2. The molecule has 27 heavy (non-hydrogen) atoms. The van der Waals surface area contributed by atoms with Crippen molar-refractivity contribution in [3.05, 3.63) is 53.6 Å². The zero-order valence-electron chi connectivity index (χ0n) is 16.3. The number of aromatic nitrogens is 2. The summed E-state index contributed by atoms with van der Waals surface area (Å²) in [5, 5.41) is 13.6. The van der Waals surface area contributed by atoms with Crippen molar-refractivity contribution in [3.63, 3.8) is 0 Å². The summed E-state index contributed by atoms with van der Waals surface area (Å²) in [5.74, 6) is 0.852. The van der Waals surface area contributed by atoms with Gasteiger partial charge in [0.2, 0.25) is 0 Å².